The van der Waals surface area contributed by atoms with Crippen molar-refractivity contribution in [3.8, 4) is 16.3 Å². The zero-order valence-corrected chi connectivity index (χ0v) is 26.1. The Bertz CT molecular complexity index is 1610. The van der Waals surface area contributed by atoms with Gasteiger partial charge in [0.2, 0.25) is 16.0 Å². The van der Waals surface area contributed by atoms with Crippen LogP contribution in [0.5, 0.6) is 5.75 Å². The number of likely N-dealkylation sites (tertiary alicyclic amines) is 1. The lowest BCUT2D eigenvalue weighted by Crippen LogP contribution is -2.40. The molecule has 2 aromatic carbocycles. The van der Waals surface area contributed by atoms with Crippen LogP contribution in [0, 0.1) is 6.92 Å². The molecule has 0 aliphatic carbocycles. The van der Waals surface area contributed by atoms with E-state index in [9.17, 15) is 8.42 Å². The summed E-state index contributed by atoms with van der Waals surface area (Å²) in [5.41, 5.74) is 2.78. The first kappa shape index (κ1) is 30.0. The van der Waals surface area contributed by atoms with Gasteiger partial charge in [0, 0.05) is 29.7 Å². The SMILES string of the molecule is Cc1cnc(Nc2ccc(OCCN3CCCC3)cc2)nc1-c1ccc(Nc2cccc(S(=O)(=O)NC(C)(C)C)c2)s1. The van der Waals surface area contributed by atoms with E-state index in [2.05, 4.69) is 25.2 Å². The van der Waals surface area contributed by atoms with Crippen LogP contribution in [0.2, 0.25) is 0 Å². The highest BCUT2D eigenvalue weighted by Crippen LogP contribution is 2.34. The van der Waals surface area contributed by atoms with E-state index in [4.69, 9.17) is 9.72 Å². The van der Waals surface area contributed by atoms with Crippen molar-refractivity contribution in [2.75, 3.05) is 36.9 Å². The van der Waals surface area contributed by atoms with Gasteiger partial charge in [-0.15, -0.1) is 11.3 Å². The molecule has 0 atom stereocenters. The molecule has 0 unspecified atom stereocenters. The maximum Gasteiger partial charge on any atom is 0.241 e. The van der Waals surface area contributed by atoms with Gasteiger partial charge in [0.15, 0.2) is 0 Å². The second-order valence-electron chi connectivity index (χ2n) is 11.4. The molecule has 0 spiro atoms. The van der Waals surface area contributed by atoms with Crippen LogP contribution >= 0.6 is 11.3 Å². The van der Waals surface area contributed by atoms with E-state index in [1.165, 1.54) is 37.3 Å². The average Bonchev–Trinajstić information content (AvgIpc) is 3.62. The molecular weight excluding hydrogens is 569 g/mol. The van der Waals surface area contributed by atoms with E-state index in [0.717, 1.165) is 39.1 Å². The number of anilines is 4. The Morgan fingerprint density at radius 1 is 0.976 bits per heavy atom. The number of rotatable bonds is 11. The third-order valence-corrected chi connectivity index (χ3v) is 9.41. The van der Waals surface area contributed by atoms with Crippen molar-refractivity contribution in [2.45, 2.75) is 51.0 Å². The molecule has 5 rings (SSSR count). The van der Waals surface area contributed by atoms with Crippen LogP contribution < -0.4 is 20.1 Å². The monoisotopic (exact) mass is 606 g/mol. The molecule has 3 N–H and O–H groups in total. The third-order valence-electron chi connectivity index (χ3n) is 6.65. The Labute approximate surface area is 252 Å². The van der Waals surface area contributed by atoms with Crippen LogP contribution in [-0.2, 0) is 10.0 Å². The Hall–Kier alpha value is -3.51. The molecule has 0 bridgehead atoms. The quantitative estimate of drug-likeness (QED) is 0.176. The highest BCUT2D eigenvalue weighted by molar-refractivity contribution is 7.89. The lowest BCUT2D eigenvalue weighted by atomic mass is 10.1. The molecule has 42 heavy (non-hydrogen) atoms. The van der Waals surface area contributed by atoms with Crippen LogP contribution in [0.4, 0.5) is 22.3 Å². The second kappa shape index (κ2) is 12.8. The predicted octanol–water partition coefficient (Wildman–Crippen LogP) is 6.55. The molecule has 0 amide bonds. The minimum Gasteiger partial charge on any atom is -0.492 e. The van der Waals surface area contributed by atoms with Crippen LogP contribution in [0.1, 0.15) is 39.2 Å². The van der Waals surface area contributed by atoms with Crippen molar-refractivity contribution in [3.63, 3.8) is 0 Å². The Morgan fingerprint density at radius 2 is 1.74 bits per heavy atom. The fourth-order valence-electron chi connectivity index (χ4n) is 4.69. The number of nitrogens with zero attached hydrogens (tertiary/aromatic N) is 3. The average molecular weight is 607 g/mol. The number of hydrogen-bond donors (Lipinski definition) is 3. The summed E-state index contributed by atoms with van der Waals surface area (Å²) >= 11 is 1.54. The van der Waals surface area contributed by atoms with Gasteiger partial charge in [0.05, 0.1) is 20.5 Å². The number of aromatic nitrogens is 2. The highest BCUT2D eigenvalue weighted by Gasteiger charge is 2.22. The number of thiophene rings is 1. The molecule has 1 saturated heterocycles. The summed E-state index contributed by atoms with van der Waals surface area (Å²) in [5.74, 6) is 1.35. The molecule has 4 aromatic rings. The minimum absolute atomic E-state index is 0.211. The van der Waals surface area contributed by atoms with E-state index in [1.54, 1.807) is 18.2 Å². The fraction of sp³-hybridized carbons (Fsp3) is 0.355. The zero-order valence-electron chi connectivity index (χ0n) is 24.5. The number of sulfonamides is 1. The standard InChI is InChI=1S/C31H38N6O3S2/c1-22-21-32-30(34-23-10-12-25(13-11-23)40-19-18-37-16-5-6-17-37)35-29(22)27-14-15-28(41-27)33-24-8-7-9-26(20-24)42(38,39)36-31(2,3)4/h7-15,20-21,33,36H,5-6,16-19H2,1-4H3,(H,32,34,35). The third kappa shape index (κ3) is 8.07. The Balaban J connectivity index is 1.23. The van der Waals surface area contributed by atoms with Crippen molar-refractivity contribution in [1.29, 1.82) is 0 Å². The second-order valence-corrected chi connectivity index (χ2v) is 14.2. The number of hydrogen-bond acceptors (Lipinski definition) is 9. The molecule has 0 radical (unpaired) electrons. The van der Waals surface area contributed by atoms with Gasteiger partial charge in [0.1, 0.15) is 12.4 Å². The number of ether oxygens (including phenoxy) is 1. The number of nitrogens with one attached hydrogen (secondary N) is 3. The maximum absolute atomic E-state index is 12.8. The lowest BCUT2D eigenvalue weighted by molar-refractivity contribution is 0.238. The largest absolute Gasteiger partial charge is 0.492 e. The summed E-state index contributed by atoms with van der Waals surface area (Å²) in [7, 11) is -3.64. The van der Waals surface area contributed by atoms with E-state index in [1.807, 2.05) is 76.4 Å². The summed E-state index contributed by atoms with van der Waals surface area (Å²) in [6.45, 7) is 11.4. The Morgan fingerprint density at radius 3 is 2.48 bits per heavy atom. The van der Waals surface area contributed by atoms with Crippen molar-refractivity contribution < 1.29 is 13.2 Å². The van der Waals surface area contributed by atoms with Crippen molar-refractivity contribution >= 4 is 43.7 Å². The van der Waals surface area contributed by atoms with Crippen molar-refractivity contribution in [1.82, 2.24) is 19.6 Å². The molecule has 2 aromatic heterocycles. The molecule has 1 aliphatic rings. The zero-order chi connectivity index (χ0) is 29.7. The highest BCUT2D eigenvalue weighted by atomic mass is 32.2. The normalized spacial score (nSPS) is 14.2. The smallest absolute Gasteiger partial charge is 0.241 e. The van der Waals surface area contributed by atoms with Gasteiger partial charge in [-0.25, -0.2) is 23.1 Å². The van der Waals surface area contributed by atoms with E-state index in [-0.39, 0.29) is 4.90 Å². The Kier molecular flexibility index (Phi) is 9.12. The summed E-state index contributed by atoms with van der Waals surface area (Å²) in [6, 6.07) is 18.6. The van der Waals surface area contributed by atoms with Crippen molar-refractivity contribution in [3.05, 3.63) is 72.4 Å². The topological polar surface area (TPSA) is 108 Å². The summed E-state index contributed by atoms with van der Waals surface area (Å²) in [6.07, 6.45) is 4.38. The summed E-state index contributed by atoms with van der Waals surface area (Å²) < 4.78 is 34.2. The van der Waals surface area contributed by atoms with Crippen molar-refractivity contribution in [2.24, 2.45) is 0 Å². The molecule has 3 heterocycles. The van der Waals surface area contributed by atoms with Crippen LogP contribution in [0.15, 0.2) is 71.8 Å². The predicted molar refractivity (Wildman–Crippen MR) is 171 cm³/mol. The van der Waals surface area contributed by atoms with Crippen LogP contribution in [-0.4, -0.2) is 55.1 Å². The minimum atomic E-state index is -3.64. The van der Waals surface area contributed by atoms with Gasteiger partial charge in [-0.05, 0) is 114 Å². The van der Waals surface area contributed by atoms with Gasteiger partial charge >= 0.3 is 0 Å². The maximum atomic E-state index is 12.8. The van der Waals surface area contributed by atoms with E-state index >= 15 is 0 Å². The van der Waals surface area contributed by atoms with Crippen LogP contribution in [0.3, 0.4) is 0 Å². The number of benzene rings is 2. The van der Waals surface area contributed by atoms with E-state index in [0.29, 0.717) is 18.2 Å². The molecule has 1 aliphatic heterocycles. The first-order valence-corrected chi connectivity index (χ1v) is 16.4. The molecule has 222 valence electrons. The van der Waals surface area contributed by atoms with E-state index < -0.39 is 15.6 Å². The summed E-state index contributed by atoms with van der Waals surface area (Å²) in [5, 5.41) is 7.50. The summed E-state index contributed by atoms with van der Waals surface area (Å²) in [4.78, 5) is 12.9. The molecular formula is C31H38N6O3S2. The first-order chi connectivity index (χ1) is 20.0. The van der Waals surface area contributed by atoms with Gasteiger partial charge in [-0.2, -0.15) is 0 Å². The molecule has 0 saturated carbocycles. The van der Waals surface area contributed by atoms with Gasteiger partial charge in [-0.3, -0.25) is 4.90 Å². The van der Waals surface area contributed by atoms with Crippen LogP contribution in [0.25, 0.3) is 10.6 Å². The van der Waals surface area contributed by atoms with Gasteiger partial charge in [0.25, 0.3) is 0 Å². The lowest BCUT2D eigenvalue weighted by Gasteiger charge is -2.20. The first-order valence-electron chi connectivity index (χ1n) is 14.1. The molecule has 9 nitrogen and oxygen atoms in total. The molecule has 1 fully saturated rings. The number of aryl methyl sites for hydroxylation is 1. The fourth-order valence-corrected chi connectivity index (χ4v) is 7.14. The molecule has 11 heteroatoms. The van der Waals surface area contributed by atoms with Gasteiger partial charge in [-0.1, -0.05) is 6.07 Å². The van der Waals surface area contributed by atoms with Gasteiger partial charge < -0.3 is 15.4 Å².